The predicted molar refractivity (Wildman–Crippen MR) is 117 cm³/mol. The number of piperazine rings is 1. The van der Waals surface area contributed by atoms with Gasteiger partial charge in [-0.1, -0.05) is 6.07 Å². The van der Waals surface area contributed by atoms with Crippen molar-refractivity contribution in [3.8, 4) is 0 Å². The summed E-state index contributed by atoms with van der Waals surface area (Å²) in [4.78, 5) is 19.0. The number of hydrogen-bond donors (Lipinski definition) is 1. The number of pyridine rings is 1. The van der Waals surface area contributed by atoms with Gasteiger partial charge in [0.05, 0.1) is 12.2 Å². The molecule has 1 saturated heterocycles. The molecule has 2 aromatic heterocycles. The summed E-state index contributed by atoms with van der Waals surface area (Å²) in [6.45, 7) is 1.74. The van der Waals surface area contributed by atoms with E-state index in [2.05, 4.69) is 10.3 Å². The van der Waals surface area contributed by atoms with Crippen molar-refractivity contribution in [2.75, 3.05) is 31.1 Å². The Hall–Kier alpha value is -2.82. The zero-order valence-corrected chi connectivity index (χ0v) is 18.2. The van der Waals surface area contributed by atoms with E-state index in [1.54, 1.807) is 35.8 Å². The number of hydrogen-bond acceptors (Lipinski definition) is 6. The number of amides is 1. The third-order valence-electron chi connectivity index (χ3n) is 5.04. The van der Waals surface area contributed by atoms with Crippen molar-refractivity contribution in [2.45, 2.75) is 11.4 Å². The summed E-state index contributed by atoms with van der Waals surface area (Å²) < 4.78 is 41.0. The van der Waals surface area contributed by atoms with Crippen LogP contribution in [0.2, 0.25) is 0 Å². The number of carbonyl (C=O) groups is 1. The van der Waals surface area contributed by atoms with E-state index in [1.807, 2.05) is 11.0 Å². The third kappa shape index (κ3) is 4.76. The minimum absolute atomic E-state index is 0.0197. The topological polar surface area (TPSA) is 82.6 Å². The van der Waals surface area contributed by atoms with Gasteiger partial charge in [-0.2, -0.15) is 4.31 Å². The maximum Gasteiger partial charge on any atom is 0.263 e. The van der Waals surface area contributed by atoms with Crippen molar-refractivity contribution < 1.29 is 17.6 Å². The number of aromatic nitrogens is 1. The zero-order chi connectivity index (χ0) is 21.8. The fraction of sp³-hybridized carbons (Fsp3) is 0.238. The molecule has 31 heavy (non-hydrogen) atoms. The summed E-state index contributed by atoms with van der Waals surface area (Å²) >= 11 is 1.10. The van der Waals surface area contributed by atoms with Crippen LogP contribution in [-0.4, -0.2) is 49.8 Å². The van der Waals surface area contributed by atoms with E-state index >= 15 is 0 Å². The number of benzene rings is 1. The van der Waals surface area contributed by atoms with E-state index in [4.69, 9.17) is 0 Å². The van der Waals surface area contributed by atoms with Crippen LogP contribution in [0.4, 0.5) is 10.1 Å². The first-order valence-corrected chi connectivity index (χ1v) is 12.0. The van der Waals surface area contributed by atoms with Gasteiger partial charge in [-0.15, -0.1) is 11.3 Å². The molecule has 1 N–H and O–H groups in total. The highest BCUT2D eigenvalue weighted by atomic mass is 32.2. The van der Waals surface area contributed by atoms with Crippen molar-refractivity contribution in [3.63, 3.8) is 0 Å². The number of nitrogens with zero attached hydrogens (tertiary/aromatic N) is 3. The smallest absolute Gasteiger partial charge is 0.263 e. The normalized spacial score (nSPS) is 15.1. The Morgan fingerprint density at radius 1 is 1.06 bits per heavy atom. The molecule has 162 valence electrons. The van der Waals surface area contributed by atoms with Crippen LogP contribution in [0.1, 0.15) is 15.4 Å². The molecule has 3 heterocycles. The van der Waals surface area contributed by atoms with Crippen LogP contribution in [0, 0.1) is 5.82 Å². The summed E-state index contributed by atoms with van der Waals surface area (Å²) in [6, 6.07) is 13.0. The van der Waals surface area contributed by atoms with Crippen LogP contribution in [0.15, 0.2) is 65.0 Å². The SMILES string of the molecule is O=C(NCc1ccccn1)c1sccc1S(=O)(=O)N1CCN(c2ccc(F)cc2)CC1. The van der Waals surface area contributed by atoms with E-state index in [0.717, 1.165) is 17.0 Å². The average Bonchev–Trinajstić information content (AvgIpc) is 3.30. The third-order valence-corrected chi connectivity index (χ3v) is 8.02. The van der Waals surface area contributed by atoms with Gasteiger partial charge in [0, 0.05) is 38.1 Å². The number of rotatable bonds is 6. The molecule has 1 aliphatic heterocycles. The number of nitrogens with one attached hydrogen (secondary N) is 1. The summed E-state index contributed by atoms with van der Waals surface area (Å²) in [5, 5.41) is 4.35. The van der Waals surface area contributed by atoms with Crippen molar-refractivity contribution in [1.82, 2.24) is 14.6 Å². The number of sulfonamides is 1. The Labute approximate surface area is 184 Å². The predicted octanol–water partition coefficient (Wildman–Crippen LogP) is 2.72. The van der Waals surface area contributed by atoms with Crippen LogP contribution in [-0.2, 0) is 16.6 Å². The van der Waals surface area contributed by atoms with Crippen molar-refractivity contribution in [3.05, 3.63) is 76.5 Å². The van der Waals surface area contributed by atoms with Gasteiger partial charge in [0.15, 0.2) is 0 Å². The molecule has 0 atom stereocenters. The van der Waals surface area contributed by atoms with E-state index in [0.29, 0.717) is 18.8 Å². The first kappa shape index (κ1) is 21.4. The van der Waals surface area contributed by atoms with Gasteiger partial charge in [0.25, 0.3) is 5.91 Å². The van der Waals surface area contributed by atoms with Crippen molar-refractivity contribution in [1.29, 1.82) is 0 Å². The second-order valence-corrected chi connectivity index (χ2v) is 9.81. The van der Waals surface area contributed by atoms with Crippen molar-refractivity contribution in [2.24, 2.45) is 0 Å². The summed E-state index contributed by atoms with van der Waals surface area (Å²) in [5.74, 6) is -0.750. The number of anilines is 1. The fourth-order valence-corrected chi connectivity index (χ4v) is 6.14. The van der Waals surface area contributed by atoms with Crippen LogP contribution >= 0.6 is 11.3 Å². The quantitative estimate of drug-likeness (QED) is 0.612. The average molecular weight is 461 g/mol. The minimum Gasteiger partial charge on any atom is -0.369 e. The van der Waals surface area contributed by atoms with Crippen LogP contribution < -0.4 is 10.2 Å². The Bertz CT molecular complexity index is 1140. The highest BCUT2D eigenvalue weighted by molar-refractivity contribution is 7.89. The first-order chi connectivity index (χ1) is 14.9. The Balaban J connectivity index is 1.43. The standard InChI is InChI=1S/C21H21FN4O3S2/c22-16-4-6-18(7-5-16)25-10-12-26(13-11-25)31(28,29)19-8-14-30-20(19)21(27)24-15-17-3-1-2-9-23-17/h1-9,14H,10-13,15H2,(H,24,27). The molecule has 3 aromatic rings. The second-order valence-electron chi connectivity index (χ2n) is 6.99. The molecule has 1 aliphatic rings. The molecule has 0 bridgehead atoms. The molecule has 0 saturated carbocycles. The van der Waals surface area contributed by atoms with E-state index in [-0.39, 0.29) is 35.2 Å². The molecule has 10 heteroatoms. The minimum atomic E-state index is -3.81. The lowest BCUT2D eigenvalue weighted by molar-refractivity contribution is 0.0951. The van der Waals surface area contributed by atoms with Gasteiger partial charge >= 0.3 is 0 Å². The molecule has 1 aromatic carbocycles. The highest BCUT2D eigenvalue weighted by Gasteiger charge is 2.32. The Morgan fingerprint density at radius 3 is 2.48 bits per heavy atom. The van der Waals surface area contributed by atoms with Gasteiger partial charge in [0.2, 0.25) is 10.0 Å². The molecule has 1 fully saturated rings. The lowest BCUT2D eigenvalue weighted by Crippen LogP contribution is -2.48. The molecule has 4 rings (SSSR count). The van der Waals surface area contributed by atoms with E-state index in [1.165, 1.54) is 22.5 Å². The Morgan fingerprint density at radius 2 is 1.81 bits per heavy atom. The van der Waals surface area contributed by atoms with Gasteiger partial charge in [0.1, 0.15) is 15.6 Å². The molecule has 7 nitrogen and oxygen atoms in total. The molecule has 1 amide bonds. The summed E-state index contributed by atoms with van der Waals surface area (Å²) in [5.41, 5.74) is 1.54. The highest BCUT2D eigenvalue weighted by Crippen LogP contribution is 2.27. The van der Waals surface area contributed by atoms with Crippen LogP contribution in [0.5, 0.6) is 0 Å². The lowest BCUT2D eigenvalue weighted by Gasteiger charge is -2.35. The molecule has 0 unspecified atom stereocenters. The van der Waals surface area contributed by atoms with E-state index < -0.39 is 15.9 Å². The zero-order valence-electron chi connectivity index (χ0n) is 16.6. The number of carbonyl (C=O) groups excluding carboxylic acids is 1. The molecular weight excluding hydrogens is 439 g/mol. The largest absolute Gasteiger partial charge is 0.369 e. The van der Waals surface area contributed by atoms with Crippen LogP contribution in [0.3, 0.4) is 0 Å². The molecule has 0 spiro atoms. The second kappa shape index (κ2) is 9.13. The van der Waals surface area contributed by atoms with Gasteiger partial charge in [-0.25, -0.2) is 12.8 Å². The molecule has 0 radical (unpaired) electrons. The number of halogens is 1. The first-order valence-electron chi connectivity index (χ1n) is 9.71. The maximum absolute atomic E-state index is 13.2. The molecule has 0 aliphatic carbocycles. The van der Waals surface area contributed by atoms with Gasteiger partial charge < -0.3 is 10.2 Å². The summed E-state index contributed by atoms with van der Waals surface area (Å²) in [7, 11) is -3.81. The van der Waals surface area contributed by atoms with Gasteiger partial charge in [-0.3, -0.25) is 9.78 Å². The van der Waals surface area contributed by atoms with Gasteiger partial charge in [-0.05, 0) is 47.8 Å². The van der Waals surface area contributed by atoms with Crippen LogP contribution in [0.25, 0.3) is 0 Å². The summed E-state index contributed by atoms with van der Waals surface area (Å²) in [6.07, 6.45) is 1.63. The lowest BCUT2D eigenvalue weighted by atomic mass is 10.2. The van der Waals surface area contributed by atoms with E-state index in [9.17, 15) is 17.6 Å². The maximum atomic E-state index is 13.2. The fourth-order valence-electron chi connectivity index (χ4n) is 3.40. The van der Waals surface area contributed by atoms with Crippen molar-refractivity contribution >= 4 is 33.0 Å². The number of thiophene rings is 1. The monoisotopic (exact) mass is 460 g/mol. The molecular formula is C21H21FN4O3S2. The Kier molecular flexibility index (Phi) is 6.30.